The Labute approximate surface area is 198 Å². The van der Waals surface area contributed by atoms with Crippen molar-refractivity contribution in [2.24, 2.45) is 0 Å². The SMILES string of the molecule is COC(=O)C(=O)c1scc2nc(OC)c(C(=O)N3CCC(F)(Cc4ccc(F)cc4)CC3)cc12. The molecule has 0 bridgehead atoms. The molecule has 1 fully saturated rings. The lowest BCUT2D eigenvalue weighted by atomic mass is 9.87. The predicted octanol–water partition coefficient (Wildman–Crippen LogP) is 3.99. The minimum Gasteiger partial charge on any atom is -0.480 e. The number of rotatable bonds is 6. The Kier molecular flexibility index (Phi) is 6.60. The van der Waals surface area contributed by atoms with Crippen molar-refractivity contribution in [2.75, 3.05) is 27.3 Å². The van der Waals surface area contributed by atoms with Crippen LogP contribution in [0.1, 0.15) is 38.4 Å². The van der Waals surface area contributed by atoms with Crippen LogP contribution in [0.2, 0.25) is 0 Å². The van der Waals surface area contributed by atoms with Crippen molar-refractivity contribution in [3.8, 4) is 5.88 Å². The maximum absolute atomic E-state index is 15.4. The van der Waals surface area contributed by atoms with Gasteiger partial charge in [0.05, 0.1) is 24.6 Å². The standard InChI is InChI=1S/C24H22F2N2O5S/c1-32-21-17(11-16-18(27-21)13-34-20(16)19(29)23(31)33-2)22(30)28-9-7-24(26,8-10-28)12-14-3-5-15(25)6-4-14/h3-6,11,13H,7-10,12H2,1-2H3. The van der Waals surface area contributed by atoms with Gasteiger partial charge in [-0.2, -0.15) is 0 Å². The number of ketones is 1. The molecule has 34 heavy (non-hydrogen) atoms. The van der Waals surface area contributed by atoms with Crippen molar-refractivity contribution < 1.29 is 32.6 Å². The van der Waals surface area contributed by atoms with Crippen LogP contribution in [-0.2, 0) is 16.0 Å². The van der Waals surface area contributed by atoms with Gasteiger partial charge in [-0.1, -0.05) is 12.1 Å². The molecule has 1 aromatic carbocycles. The Bertz CT molecular complexity index is 1250. The minimum atomic E-state index is -1.51. The van der Waals surface area contributed by atoms with Gasteiger partial charge in [0.15, 0.2) is 0 Å². The number of hydrogen-bond acceptors (Lipinski definition) is 7. The molecule has 3 heterocycles. The van der Waals surface area contributed by atoms with Gasteiger partial charge in [-0.3, -0.25) is 9.59 Å². The summed E-state index contributed by atoms with van der Waals surface area (Å²) in [5, 5.41) is 1.94. The number of nitrogens with zero attached hydrogens (tertiary/aromatic N) is 2. The number of halogens is 2. The highest BCUT2D eigenvalue weighted by atomic mass is 32.1. The molecule has 7 nitrogen and oxygen atoms in total. The van der Waals surface area contributed by atoms with Gasteiger partial charge in [-0.15, -0.1) is 11.3 Å². The molecule has 0 radical (unpaired) electrons. The number of Topliss-reactive ketones (excluding diaryl/α,β-unsaturated/α-hetero) is 1. The molecule has 0 aliphatic carbocycles. The number of methoxy groups -OCH3 is 2. The lowest BCUT2D eigenvalue weighted by Crippen LogP contribution is -2.45. The van der Waals surface area contributed by atoms with Gasteiger partial charge in [0, 0.05) is 30.3 Å². The first kappa shape index (κ1) is 23.7. The predicted molar refractivity (Wildman–Crippen MR) is 122 cm³/mol. The second kappa shape index (κ2) is 9.46. The summed E-state index contributed by atoms with van der Waals surface area (Å²) in [5.41, 5.74) is -0.280. The van der Waals surface area contributed by atoms with Crippen LogP contribution in [0.25, 0.3) is 10.9 Å². The zero-order valence-corrected chi connectivity index (χ0v) is 19.4. The summed E-state index contributed by atoms with van der Waals surface area (Å²) in [6, 6.07) is 7.21. The Morgan fingerprint density at radius 3 is 2.44 bits per heavy atom. The molecule has 4 rings (SSSR count). The minimum absolute atomic E-state index is 0.0794. The highest BCUT2D eigenvalue weighted by Crippen LogP contribution is 2.34. The van der Waals surface area contributed by atoms with Crippen molar-refractivity contribution in [1.29, 1.82) is 0 Å². The number of aromatic nitrogens is 1. The third-order valence-electron chi connectivity index (χ3n) is 5.93. The van der Waals surface area contributed by atoms with E-state index in [1.54, 1.807) is 17.5 Å². The molecule has 0 spiro atoms. The number of carbonyl (C=O) groups excluding carboxylic acids is 3. The number of alkyl halides is 1. The lowest BCUT2D eigenvalue weighted by Gasteiger charge is -2.36. The molecular weight excluding hydrogens is 466 g/mol. The zero-order valence-electron chi connectivity index (χ0n) is 18.6. The third kappa shape index (κ3) is 4.63. The molecule has 1 amide bonds. The molecule has 1 aliphatic rings. The summed E-state index contributed by atoms with van der Waals surface area (Å²) in [7, 11) is 2.49. The van der Waals surface area contributed by atoms with Gasteiger partial charge in [-0.05, 0) is 36.6 Å². The molecule has 0 atom stereocenters. The highest BCUT2D eigenvalue weighted by molar-refractivity contribution is 7.14. The zero-order chi connectivity index (χ0) is 24.5. The van der Waals surface area contributed by atoms with Gasteiger partial charge < -0.3 is 14.4 Å². The molecular formula is C24H22F2N2O5S. The number of carbonyl (C=O) groups is 3. The van der Waals surface area contributed by atoms with Gasteiger partial charge in [0.1, 0.15) is 17.0 Å². The molecule has 3 aromatic rings. The van der Waals surface area contributed by atoms with E-state index in [-0.39, 0.29) is 54.5 Å². The van der Waals surface area contributed by atoms with E-state index in [1.807, 2.05) is 0 Å². The van der Waals surface area contributed by atoms with Crippen molar-refractivity contribution in [2.45, 2.75) is 24.9 Å². The smallest absolute Gasteiger partial charge is 0.380 e. The number of hydrogen-bond donors (Lipinski definition) is 0. The van der Waals surface area contributed by atoms with E-state index in [0.717, 1.165) is 18.4 Å². The molecule has 10 heteroatoms. The van der Waals surface area contributed by atoms with E-state index < -0.39 is 23.3 Å². The fourth-order valence-corrected chi connectivity index (χ4v) is 4.95. The Balaban J connectivity index is 1.55. The number of piperidine rings is 1. The highest BCUT2D eigenvalue weighted by Gasteiger charge is 2.37. The summed E-state index contributed by atoms with van der Waals surface area (Å²) < 4.78 is 38.4. The first-order valence-electron chi connectivity index (χ1n) is 10.6. The summed E-state index contributed by atoms with van der Waals surface area (Å²) in [6.07, 6.45) is 0.386. The van der Waals surface area contributed by atoms with Crippen molar-refractivity contribution in [3.05, 3.63) is 57.5 Å². The number of fused-ring (bicyclic) bond motifs is 1. The largest absolute Gasteiger partial charge is 0.480 e. The van der Waals surface area contributed by atoms with E-state index in [0.29, 0.717) is 16.5 Å². The van der Waals surface area contributed by atoms with Crippen LogP contribution in [0.3, 0.4) is 0 Å². The topological polar surface area (TPSA) is 85.8 Å². The number of pyridine rings is 1. The van der Waals surface area contributed by atoms with Crippen LogP contribution in [0.4, 0.5) is 8.78 Å². The van der Waals surface area contributed by atoms with Gasteiger partial charge in [0.25, 0.3) is 11.7 Å². The molecule has 1 aliphatic heterocycles. The molecule has 0 saturated carbocycles. The monoisotopic (exact) mass is 488 g/mol. The van der Waals surface area contributed by atoms with Crippen molar-refractivity contribution in [1.82, 2.24) is 9.88 Å². The van der Waals surface area contributed by atoms with Gasteiger partial charge in [-0.25, -0.2) is 18.6 Å². The normalized spacial score (nSPS) is 15.2. The summed E-state index contributed by atoms with van der Waals surface area (Å²) in [5.74, 6) is -2.54. The molecule has 0 N–H and O–H groups in total. The third-order valence-corrected chi connectivity index (χ3v) is 6.91. The van der Waals surface area contributed by atoms with Crippen molar-refractivity contribution >= 4 is 39.9 Å². The van der Waals surface area contributed by atoms with Crippen LogP contribution in [0.5, 0.6) is 5.88 Å². The lowest BCUT2D eigenvalue weighted by molar-refractivity contribution is -0.135. The van der Waals surface area contributed by atoms with E-state index in [4.69, 9.17) is 4.74 Å². The van der Waals surface area contributed by atoms with Crippen LogP contribution in [0.15, 0.2) is 35.7 Å². The Morgan fingerprint density at radius 1 is 1.15 bits per heavy atom. The summed E-state index contributed by atoms with van der Waals surface area (Å²) in [4.78, 5) is 43.3. The van der Waals surface area contributed by atoms with Crippen LogP contribution in [0, 0.1) is 5.82 Å². The number of amides is 1. The van der Waals surface area contributed by atoms with Crippen LogP contribution in [-0.4, -0.2) is 60.5 Å². The van der Waals surface area contributed by atoms with Crippen LogP contribution >= 0.6 is 11.3 Å². The molecule has 178 valence electrons. The fourth-order valence-electron chi connectivity index (χ4n) is 4.06. The molecule has 1 saturated heterocycles. The Hall–Kier alpha value is -3.40. The molecule has 0 unspecified atom stereocenters. The van der Waals surface area contributed by atoms with Gasteiger partial charge >= 0.3 is 5.97 Å². The van der Waals surface area contributed by atoms with E-state index in [1.165, 1.54) is 30.2 Å². The average molecular weight is 489 g/mol. The number of benzene rings is 1. The fraction of sp³-hybridized carbons (Fsp3) is 0.333. The van der Waals surface area contributed by atoms with E-state index in [9.17, 15) is 18.8 Å². The first-order chi connectivity index (χ1) is 16.2. The average Bonchev–Trinajstić information content (AvgIpc) is 3.26. The number of thiophene rings is 1. The number of esters is 1. The molecule has 2 aromatic heterocycles. The summed E-state index contributed by atoms with van der Waals surface area (Å²) >= 11 is 1.02. The van der Waals surface area contributed by atoms with E-state index >= 15 is 4.39 Å². The summed E-state index contributed by atoms with van der Waals surface area (Å²) in [6.45, 7) is 0.352. The van der Waals surface area contributed by atoms with Crippen LogP contribution < -0.4 is 4.74 Å². The maximum Gasteiger partial charge on any atom is 0.380 e. The number of ether oxygens (including phenoxy) is 2. The Morgan fingerprint density at radius 2 is 1.82 bits per heavy atom. The van der Waals surface area contributed by atoms with E-state index in [2.05, 4.69) is 9.72 Å². The second-order valence-corrected chi connectivity index (χ2v) is 8.99. The van der Waals surface area contributed by atoms with Crippen molar-refractivity contribution in [3.63, 3.8) is 0 Å². The maximum atomic E-state index is 15.4. The second-order valence-electron chi connectivity index (χ2n) is 8.11. The van der Waals surface area contributed by atoms with Gasteiger partial charge in [0.2, 0.25) is 5.88 Å². The quantitative estimate of drug-likeness (QED) is 0.296. The number of likely N-dealkylation sites (tertiary alicyclic amines) is 1. The first-order valence-corrected chi connectivity index (χ1v) is 11.4.